The topological polar surface area (TPSA) is 35.8 Å². The minimum absolute atomic E-state index is 0.391. The molecule has 0 radical (unpaired) electrons. The number of allylic oxidation sites excluding steroid dienone is 2. The summed E-state index contributed by atoms with van der Waals surface area (Å²) in [4.78, 5) is 6.53. The molecule has 1 rings (SSSR count). The van der Waals surface area contributed by atoms with Crippen LogP contribution in [0.25, 0.3) is 0 Å². The third-order valence-corrected chi connectivity index (χ3v) is 4.83. The van der Waals surface area contributed by atoms with Gasteiger partial charge in [-0.1, -0.05) is 64.0 Å². The van der Waals surface area contributed by atoms with Crippen LogP contribution in [0.4, 0.5) is 0 Å². The van der Waals surface area contributed by atoms with Crippen molar-refractivity contribution in [3.8, 4) is 0 Å². The molecule has 24 heavy (non-hydrogen) atoms. The summed E-state index contributed by atoms with van der Waals surface area (Å²) in [5.74, 6) is 1.10. The lowest BCUT2D eigenvalue weighted by molar-refractivity contribution is 0.0766. The number of hydrogen-bond donors (Lipinski definition) is 1. The highest BCUT2D eigenvalue weighted by Gasteiger charge is 2.19. The summed E-state index contributed by atoms with van der Waals surface area (Å²) in [7, 11) is 0. The van der Waals surface area contributed by atoms with Crippen molar-refractivity contribution in [3.05, 3.63) is 12.2 Å². The van der Waals surface area contributed by atoms with E-state index in [1.807, 2.05) is 11.8 Å². The van der Waals surface area contributed by atoms with Gasteiger partial charge in [-0.05, 0) is 39.0 Å². The quantitative estimate of drug-likeness (QED) is 0.308. The summed E-state index contributed by atoms with van der Waals surface area (Å²) < 4.78 is 0. The van der Waals surface area contributed by atoms with Gasteiger partial charge in [0, 0.05) is 13.0 Å². The highest BCUT2D eigenvalue weighted by molar-refractivity contribution is 5.83. The Kier molecular flexibility index (Phi) is 12.8. The first-order chi connectivity index (χ1) is 11.8. The first-order valence-corrected chi connectivity index (χ1v) is 10.4. The van der Waals surface area contributed by atoms with Gasteiger partial charge in [-0.2, -0.15) is 0 Å². The van der Waals surface area contributed by atoms with E-state index in [1.165, 1.54) is 77.0 Å². The van der Waals surface area contributed by atoms with E-state index in [2.05, 4.69) is 24.1 Å². The fraction of sp³-hybridized carbons (Fsp3) is 0.857. The van der Waals surface area contributed by atoms with Crippen LogP contribution in [0.1, 0.15) is 97.3 Å². The zero-order valence-electron chi connectivity index (χ0n) is 16.2. The Morgan fingerprint density at radius 1 is 0.958 bits per heavy atom. The highest BCUT2D eigenvalue weighted by Crippen LogP contribution is 2.13. The molecular formula is C21H40N2O. The van der Waals surface area contributed by atoms with Crippen LogP contribution in [0, 0.1) is 0 Å². The van der Waals surface area contributed by atoms with Crippen molar-refractivity contribution >= 4 is 5.84 Å². The summed E-state index contributed by atoms with van der Waals surface area (Å²) in [6.07, 6.45) is 21.4. The number of aliphatic hydroxyl groups is 1. The third kappa shape index (κ3) is 10.1. The van der Waals surface area contributed by atoms with E-state index in [0.717, 1.165) is 25.3 Å². The second-order valence-electron chi connectivity index (χ2n) is 7.10. The first kappa shape index (κ1) is 21.2. The molecule has 1 unspecified atom stereocenters. The summed E-state index contributed by atoms with van der Waals surface area (Å²) in [5.41, 5.74) is 0. The molecule has 1 heterocycles. The monoisotopic (exact) mass is 336 g/mol. The normalized spacial score (nSPS) is 16.1. The van der Waals surface area contributed by atoms with Crippen LogP contribution in [0.5, 0.6) is 0 Å². The summed E-state index contributed by atoms with van der Waals surface area (Å²) in [6.45, 7) is 5.83. The van der Waals surface area contributed by atoms with Gasteiger partial charge in [-0.25, -0.2) is 0 Å². The number of unbranched alkanes of at least 4 members (excludes halogenated alkanes) is 10. The zero-order chi connectivity index (χ0) is 17.5. The number of amidine groups is 1. The Balaban J connectivity index is 1.87. The molecular weight excluding hydrogens is 296 g/mol. The lowest BCUT2D eigenvalue weighted by Gasteiger charge is -2.23. The third-order valence-electron chi connectivity index (χ3n) is 4.83. The SMILES string of the molecule is CCCCCCCCCC/C=C/CCCCC1=NCCN1C(C)O. The van der Waals surface area contributed by atoms with E-state index in [0.29, 0.717) is 0 Å². The molecule has 0 fully saturated rings. The minimum Gasteiger partial charge on any atom is -0.374 e. The average Bonchev–Trinajstić information content (AvgIpc) is 3.04. The number of aliphatic imine (C=N–C) groups is 1. The Morgan fingerprint density at radius 2 is 1.54 bits per heavy atom. The van der Waals surface area contributed by atoms with Gasteiger partial charge in [-0.3, -0.25) is 4.99 Å². The fourth-order valence-corrected chi connectivity index (χ4v) is 3.31. The van der Waals surface area contributed by atoms with Gasteiger partial charge in [0.25, 0.3) is 0 Å². The van der Waals surface area contributed by atoms with Crippen LogP contribution in [-0.2, 0) is 0 Å². The van der Waals surface area contributed by atoms with E-state index in [-0.39, 0.29) is 0 Å². The number of hydrogen-bond acceptors (Lipinski definition) is 3. The van der Waals surface area contributed by atoms with E-state index in [9.17, 15) is 5.11 Å². The summed E-state index contributed by atoms with van der Waals surface area (Å²) in [6, 6.07) is 0. The molecule has 0 aliphatic carbocycles. The van der Waals surface area contributed by atoms with Crippen molar-refractivity contribution in [1.29, 1.82) is 0 Å². The molecule has 0 saturated carbocycles. The first-order valence-electron chi connectivity index (χ1n) is 10.4. The molecule has 0 aromatic carbocycles. The van der Waals surface area contributed by atoms with Gasteiger partial charge in [0.1, 0.15) is 12.1 Å². The fourth-order valence-electron chi connectivity index (χ4n) is 3.31. The molecule has 0 bridgehead atoms. The van der Waals surface area contributed by atoms with E-state index >= 15 is 0 Å². The summed E-state index contributed by atoms with van der Waals surface area (Å²) in [5, 5.41) is 9.67. The number of aliphatic hydroxyl groups excluding tert-OH is 1. The van der Waals surface area contributed by atoms with Crippen LogP contribution < -0.4 is 0 Å². The molecule has 3 heteroatoms. The van der Waals surface area contributed by atoms with Gasteiger partial charge < -0.3 is 10.0 Å². The predicted octanol–water partition coefficient (Wildman–Crippen LogP) is 5.69. The van der Waals surface area contributed by atoms with E-state index < -0.39 is 6.23 Å². The van der Waals surface area contributed by atoms with Gasteiger partial charge in [0.15, 0.2) is 0 Å². The lowest BCUT2D eigenvalue weighted by atomic mass is 10.1. The number of nitrogens with zero attached hydrogens (tertiary/aromatic N) is 2. The lowest BCUT2D eigenvalue weighted by Crippen LogP contribution is -2.35. The van der Waals surface area contributed by atoms with Crippen molar-refractivity contribution in [2.24, 2.45) is 4.99 Å². The maximum atomic E-state index is 9.67. The molecule has 3 nitrogen and oxygen atoms in total. The molecule has 1 aliphatic rings. The Hall–Kier alpha value is -0.830. The van der Waals surface area contributed by atoms with Crippen LogP contribution in [0.2, 0.25) is 0 Å². The Morgan fingerprint density at radius 3 is 2.17 bits per heavy atom. The van der Waals surface area contributed by atoms with Crippen LogP contribution >= 0.6 is 0 Å². The second kappa shape index (κ2) is 14.5. The Labute approximate surface area is 150 Å². The van der Waals surface area contributed by atoms with Gasteiger partial charge in [-0.15, -0.1) is 0 Å². The van der Waals surface area contributed by atoms with Crippen LogP contribution in [0.15, 0.2) is 17.1 Å². The highest BCUT2D eigenvalue weighted by atomic mass is 16.3. The van der Waals surface area contributed by atoms with Gasteiger partial charge in [0.2, 0.25) is 0 Å². The zero-order valence-corrected chi connectivity index (χ0v) is 16.2. The van der Waals surface area contributed by atoms with Crippen molar-refractivity contribution in [1.82, 2.24) is 4.90 Å². The Bertz CT molecular complexity index is 350. The molecule has 140 valence electrons. The van der Waals surface area contributed by atoms with Crippen LogP contribution in [0.3, 0.4) is 0 Å². The van der Waals surface area contributed by atoms with Crippen molar-refractivity contribution < 1.29 is 5.11 Å². The van der Waals surface area contributed by atoms with Crippen molar-refractivity contribution in [2.75, 3.05) is 13.1 Å². The van der Waals surface area contributed by atoms with Crippen molar-refractivity contribution in [2.45, 2.75) is 104 Å². The predicted molar refractivity (Wildman–Crippen MR) is 106 cm³/mol. The maximum Gasteiger partial charge on any atom is 0.125 e. The van der Waals surface area contributed by atoms with Crippen LogP contribution in [-0.4, -0.2) is 35.2 Å². The second-order valence-corrected chi connectivity index (χ2v) is 7.10. The smallest absolute Gasteiger partial charge is 0.125 e. The van der Waals surface area contributed by atoms with E-state index in [4.69, 9.17) is 0 Å². The molecule has 0 aromatic rings. The molecule has 1 atom stereocenters. The number of rotatable bonds is 15. The molecule has 0 saturated heterocycles. The van der Waals surface area contributed by atoms with E-state index in [1.54, 1.807) is 0 Å². The molecule has 0 aromatic heterocycles. The molecule has 0 amide bonds. The molecule has 0 spiro atoms. The van der Waals surface area contributed by atoms with Gasteiger partial charge in [0.05, 0.1) is 6.54 Å². The largest absolute Gasteiger partial charge is 0.374 e. The molecule has 1 aliphatic heterocycles. The maximum absolute atomic E-state index is 9.67. The van der Waals surface area contributed by atoms with Crippen molar-refractivity contribution in [3.63, 3.8) is 0 Å². The average molecular weight is 337 g/mol. The molecule has 1 N–H and O–H groups in total. The standard InChI is InChI=1S/C21H40N2O/c1-3-4-5-6-7-8-9-10-11-12-13-14-15-16-17-21-22-18-19-23(21)20(2)24/h12-13,20,24H,3-11,14-19H2,1-2H3/b13-12+. The van der Waals surface area contributed by atoms with Gasteiger partial charge >= 0.3 is 0 Å². The summed E-state index contributed by atoms with van der Waals surface area (Å²) >= 11 is 0. The minimum atomic E-state index is -0.391.